The van der Waals surface area contributed by atoms with Crippen LogP contribution in [0, 0.1) is 10.1 Å². The molecule has 0 unspecified atom stereocenters. The Kier molecular flexibility index (Phi) is 6.11. The largest absolute Gasteiger partial charge is 0.486 e. The first-order valence-corrected chi connectivity index (χ1v) is 10.9. The molecule has 2 atom stereocenters. The molecule has 1 aliphatic rings. The topological polar surface area (TPSA) is 128 Å². The van der Waals surface area contributed by atoms with Crippen LogP contribution in [-0.2, 0) is 14.8 Å². The Hall–Kier alpha value is -3.34. The summed E-state index contributed by atoms with van der Waals surface area (Å²) in [4.78, 5) is 23.1. The van der Waals surface area contributed by atoms with Crippen molar-refractivity contribution in [3.8, 4) is 11.5 Å². The van der Waals surface area contributed by atoms with E-state index in [1.807, 2.05) is 6.07 Å². The van der Waals surface area contributed by atoms with Crippen molar-refractivity contribution in [1.29, 1.82) is 0 Å². The van der Waals surface area contributed by atoms with Crippen molar-refractivity contribution >= 4 is 27.3 Å². The van der Waals surface area contributed by atoms with Crippen molar-refractivity contribution in [2.24, 2.45) is 0 Å². The number of rotatable bonds is 7. The Morgan fingerprint density at radius 1 is 1.27 bits per heavy atom. The fraction of sp³-hybridized carbons (Fsp3) is 0.316. The van der Waals surface area contributed by atoms with Crippen LogP contribution in [0.1, 0.15) is 6.92 Å². The van der Waals surface area contributed by atoms with Gasteiger partial charge in [0.2, 0.25) is 15.9 Å². The molecule has 1 amide bonds. The third-order valence-corrected chi connectivity index (χ3v) is 5.70. The number of nitro benzene ring substituents is 1. The summed E-state index contributed by atoms with van der Waals surface area (Å²) in [5.74, 6) is 0.599. The second-order valence-corrected chi connectivity index (χ2v) is 8.61. The normalized spacial score (nSPS) is 16.4. The summed E-state index contributed by atoms with van der Waals surface area (Å²) < 4.78 is 36.9. The SMILES string of the molecule is C[C@@H](C(=O)NC[C@@H]1COc2ccccc2O1)N(c1cccc([N+](=O)[O-])c1)S(C)(=O)=O. The molecule has 0 aliphatic carbocycles. The van der Waals surface area contributed by atoms with Crippen LogP contribution in [0.3, 0.4) is 0 Å². The van der Waals surface area contributed by atoms with Gasteiger partial charge in [-0.2, -0.15) is 0 Å². The van der Waals surface area contributed by atoms with E-state index in [4.69, 9.17) is 9.47 Å². The molecule has 0 saturated carbocycles. The summed E-state index contributed by atoms with van der Waals surface area (Å²) in [5, 5.41) is 13.7. The van der Waals surface area contributed by atoms with Crippen molar-refractivity contribution < 1.29 is 27.6 Å². The van der Waals surface area contributed by atoms with Crippen LogP contribution in [0.4, 0.5) is 11.4 Å². The van der Waals surface area contributed by atoms with Gasteiger partial charge in [-0.25, -0.2) is 8.42 Å². The Balaban J connectivity index is 1.71. The highest BCUT2D eigenvalue weighted by molar-refractivity contribution is 7.92. The molecule has 0 fully saturated rings. The highest BCUT2D eigenvalue weighted by Gasteiger charge is 2.31. The lowest BCUT2D eigenvalue weighted by Gasteiger charge is -2.30. The molecule has 0 bridgehead atoms. The zero-order chi connectivity index (χ0) is 21.9. The van der Waals surface area contributed by atoms with Crippen LogP contribution >= 0.6 is 0 Å². The number of amides is 1. The number of carbonyl (C=O) groups is 1. The van der Waals surface area contributed by atoms with E-state index in [2.05, 4.69) is 5.32 Å². The number of sulfonamides is 1. The number of nitrogens with zero attached hydrogens (tertiary/aromatic N) is 2. The standard InChI is InChI=1S/C19H21N3O7S/c1-13(21(30(2,26)27)14-6-5-7-15(10-14)22(24)25)19(23)20-11-16-12-28-17-8-3-4-9-18(17)29-16/h3-10,13,16H,11-12H2,1-2H3,(H,20,23)/t13-,16+/m0/s1. The smallest absolute Gasteiger partial charge is 0.271 e. The van der Waals surface area contributed by atoms with Crippen molar-refractivity contribution in [2.75, 3.05) is 23.7 Å². The van der Waals surface area contributed by atoms with Crippen LogP contribution < -0.4 is 19.1 Å². The monoisotopic (exact) mass is 435 g/mol. The summed E-state index contributed by atoms with van der Waals surface area (Å²) in [6, 6.07) is 11.1. The van der Waals surface area contributed by atoms with Crippen LogP contribution in [-0.4, -0.2) is 50.8 Å². The first-order valence-electron chi connectivity index (χ1n) is 9.07. The van der Waals surface area contributed by atoms with E-state index in [1.54, 1.807) is 18.2 Å². The molecule has 0 aromatic heterocycles. The third-order valence-electron chi connectivity index (χ3n) is 4.46. The van der Waals surface area contributed by atoms with Gasteiger partial charge in [0.1, 0.15) is 18.8 Å². The van der Waals surface area contributed by atoms with Gasteiger partial charge < -0.3 is 14.8 Å². The van der Waals surface area contributed by atoms with Crippen LogP contribution in [0.15, 0.2) is 48.5 Å². The maximum atomic E-state index is 12.7. The summed E-state index contributed by atoms with van der Waals surface area (Å²) in [6.07, 6.45) is 0.491. The number of fused-ring (bicyclic) bond motifs is 1. The van der Waals surface area contributed by atoms with Crippen molar-refractivity contribution in [2.45, 2.75) is 19.1 Å². The lowest BCUT2D eigenvalue weighted by Crippen LogP contribution is -2.50. The fourth-order valence-electron chi connectivity index (χ4n) is 3.08. The Morgan fingerprint density at radius 3 is 2.63 bits per heavy atom. The molecule has 0 saturated heterocycles. The molecular weight excluding hydrogens is 414 g/mol. The molecule has 1 heterocycles. The molecule has 0 radical (unpaired) electrons. The zero-order valence-electron chi connectivity index (χ0n) is 16.3. The first-order chi connectivity index (χ1) is 14.2. The third kappa shape index (κ3) is 4.79. The molecule has 1 aliphatic heterocycles. The van der Waals surface area contributed by atoms with Crippen LogP contribution in [0.5, 0.6) is 11.5 Å². The summed E-state index contributed by atoms with van der Waals surface area (Å²) in [6.45, 7) is 1.74. The fourth-order valence-corrected chi connectivity index (χ4v) is 4.24. The number of non-ortho nitro benzene ring substituents is 1. The lowest BCUT2D eigenvalue weighted by atomic mass is 10.2. The highest BCUT2D eigenvalue weighted by Crippen LogP contribution is 2.30. The quantitative estimate of drug-likeness (QED) is 0.518. The number of hydrogen-bond acceptors (Lipinski definition) is 7. The summed E-state index contributed by atoms with van der Waals surface area (Å²) >= 11 is 0. The van der Waals surface area contributed by atoms with Gasteiger partial charge in [-0.05, 0) is 25.1 Å². The minimum atomic E-state index is -3.89. The van der Waals surface area contributed by atoms with Gasteiger partial charge in [-0.15, -0.1) is 0 Å². The van der Waals surface area contributed by atoms with Gasteiger partial charge in [0.05, 0.1) is 23.4 Å². The minimum Gasteiger partial charge on any atom is -0.486 e. The highest BCUT2D eigenvalue weighted by atomic mass is 32.2. The van der Waals surface area contributed by atoms with Gasteiger partial charge in [0, 0.05) is 12.1 Å². The molecule has 3 rings (SSSR count). The van der Waals surface area contributed by atoms with E-state index in [-0.39, 0.29) is 24.5 Å². The zero-order valence-corrected chi connectivity index (χ0v) is 17.2. The van der Waals surface area contributed by atoms with E-state index in [1.165, 1.54) is 25.1 Å². The molecule has 2 aromatic carbocycles. The minimum absolute atomic E-state index is 0.0283. The van der Waals surface area contributed by atoms with Crippen molar-refractivity contribution in [3.05, 3.63) is 58.6 Å². The van der Waals surface area contributed by atoms with Gasteiger partial charge in [0.15, 0.2) is 11.5 Å². The number of nitrogens with one attached hydrogen (secondary N) is 1. The maximum Gasteiger partial charge on any atom is 0.271 e. The molecule has 11 heteroatoms. The molecule has 10 nitrogen and oxygen atoms in total. The molecule has 1 N–H and O–H groups in total. The van der Waals surface area contributed by atoms with Crippen molar-refractivity contribution in [1.82, 2.24) is 5.32 Å². The van der Waals surface area contributed by atoms with E-state index in [9.17, 15) is 23.3 Å². The Labute approximate surface area is 173 Å². The molecule has 30 heavy (non-hydrogen) atoms. The second-order valence-electron chi connectivity index (χ2n) is 6.75. The Bertz CT molecular complexity index is 1060. The molecule has 0 spiro atoms. The Morgan fingerprint density at radius 2 is 1.97 bits per heavy atom. The van der Waals surface area contributed by atoms with Gasteiger partial charge in [-0.1, -0.05) is 18.2 Å². The number of benzene rings is 2. The molecule has 2 aromatic rings. The number of hydrogen-bond donors (Lipinski definition) is 1. The second kappa shape index (κ2) is 8.57. The number of carbonyl (C=O) groups excluding carboxylic acids is 1. The van der Waals surface area contributed by atoms with E-state index >= 15 is 0 Å². The average molecular weight is 435 g/mol. The van der Waals surface area contributed by atoms with E-state index in [0.29, 0.717) is 11.5 Å². The molecule has 160 valence electrons. The average Bonchev–Trinajstić information content (AvgIpc) is 2.71. The lowest BCUT2D eigenvalue weighted by molar-refractivity contribution is -0.384. The van der Waals surface area contributed by atoms with Crippen molar-refractivity contribution in [3.63, 3.8) is 0 Å². The van der Waals surface area contributed by atoms with Gasteiger partial charge in [-0.3, -0.25) is 19.2 Å². The molecular formula is C19H21N3O7S. The van der Waals surface area contributed by atoms with Crippen LogP contribution in [0.25, 0.3) is 0 Å². The predicted molar refractivity (Wildman–Crippen MR) is 109 cm³/mol. The maximum absolute atomic E-state index is 12.7. The van der Waals surface area contributed by atoms with E-state index < -0.39 is 33.0 Å². The predicted octanol–water partition coefficient (Wildman–Crippen LogP) is 1.71. The van der Waals surface area contributed by atoms with Gasteiger partial charge >= 0.3 is 0 Å². The summed E-state index contributed by atoms with van der Waals surface area (Å²) in [5.41, 5.74) is -0.249. The number of anilines is 1. The number of para-hydroxylation sites is 2. The summed E-state index contributed by atoms with van der Waals surface area (Å²) in [7, 11) is -3.89. The number of ether oxygens (including phenoxy) is 2. The van der Waals surface area contributed by atoms with Gasteiger partial charge in [0.25, 0.3) is 5.69 Å². The van der Waals surface area contributed by atoms with E-state index in [0.717, 1.165) is 16.6 Å². The van der Waals surface area contributed by atoms with Crippen LogP contribution in [0.2, 0.25) is 0 Å². The first kappa shape index (κ1) is 21.4. The number of nitro groups is 1.